The van der Waals surface area contributed by atoms with Crippen LogP contribution in [0.3, 0.4) is 0 Å². The molecule has 258 valence electrons. The number of nitriles is 1. The number of halogens is 2. The molecule has 5 rings (SSSR count). The second kappa shape index (κ2) is 15.7. The van der Waals surface area contributed by atoms with Gasteiger partial charge in [-0.3, -0.25) is 19.5 Å². The topological polar surface area (TPSA) is 164 Å². The van der Waals surface area contributed by atoms with Crippen LogP contribution in [0.1, 0.15) is 54.1 Å². The van der Waals surface area contributed by atoms with Crippen LogP contribution in [0.2, 0.25) is 10.0 Å². The standard InChI is InChI=1S/C34H36Cl2N6O6S/c1-2-41(30(34(45)46)16-22-9-11-24(12-10-22)39-32(43)31-27(35)19-38-20-28(31)36)33(44)29-17-25(40-13-4-3-5-14-40)21-42(29)49(47,48)26-8-6-7-23(15-26)18-37/h6-12,15,19-20,25,29-30H,2-5,13-14,16-17,21H2,1H3,(H,39,43)(H,45,46)/t25-,29+,30+/m1/s1. The molecule has 2 aliphatic rings. The van der Waals surface area contributed by atoms with Gasteiger partial charge in [0.15, 0.2) is 0 Å². The Morgan fingerprint density at radius 2 is 1.76 bits per heavy atom. The number of pyridine rings is 1. The lowest BCUT2D eigenvalue weighted by Gasteiger charge is -2.33. The van der Waals surface area contributed by atoms with Gasteiger partial charge in [-0.2, -0.15) is 9.57 Å². The third kappa shape index (κ3) is 8.06. The molecule has 2 N–H and O–H groups in total. The number of aromatic nitrogens is 1. The molecule has 0 spiro atoms. The number of anilines is 1. The average Bonchev–Trinajstić information content (AvgIpc) is 3.56. The first-order chi connectivity index (χ1) is 23.4. The normalized spacial score (nSPS) is 19.1. The molecule has 2 aliphatic heterocycles. The van der Waals surface area contributed by atoms with Gasteiger partial charge in [-0.1, -0.05) is 47.8 Å². The first kappa shape index (κ1) is 36.2. The van der Waals surface area contributed by atoms with Gasteiger partial charge in [0.05, 0.1) is 32.1 Å². The fraction of sp³-hybridized carbons (Fsp3) is 0.382. The van der Waals surface area contributed by atoms with E-state index in [0.29, 0.717) is 11.3 Å². The molecule has 0 radical (unpaired) electrons. The van der Waals surface area contributed by atoms with Gasteiger partial charge in [0.2, 0.25) is 15.9 Å². The summed E-state index contributed by atoms with van der Waals surface area (Å²) in [6, 6.07) is 11.5. The van der Waals surface area contributed by atoms with Crippen LogP contribution in [0.5, 0.6) is 0 Å². The number of aliphatic carboxylic acids is 1. The van der Waals surface area contributed by atoms with Crippen molar-refractivity contribution < 1.29 is 27.9 Å². The van der Waals surface area contributed by atoms with Crippen LogP contribution < -0.4 is 5.32 Å². The van der Waals surface area contributed by atoms with Crippen molar-refractivity contribution in [1.82, 2.24) is 19.1 Å². The summed E-state index contributed by atoms with van der Waals surface area (Å²) in [6.45, 7) is 3.34. The zero-order chi connectivity index (χ0) is 35.3. The van der Waals surface area contributed by atoms with Crippen LogP contribution >= 0.6 is 23.2 Å². The van der Waals surface area contributed by atoms with Gasteiger partial charge in [0.1, 0.15) is 12.1 Å². The number of carbonyl (C=O) groups is 3. The average molecular weight is 728 g/mol. The Morgan fingerprint density at radius 3 is 2.37 bits per heavy atom. The van der Waals surface area contributed by atoms with Crippen LogP contribution in [-0.4, -0.2) is 94.7 Å². The fourth-order valence-electron chi connectivity index (χ4n) is 6.51. The minimum atomic E-state index is -4.22. The van der Waals surface area contributed by atoms with Crippen molar-refractivity contribution in [1.29, 1.82) is 5.26 Å². The molecule has 49 heavy (non-hydrogen) atoms. The van der Waals surface area contributed by atoms with Gasteiger partial charge in [-0.25, -0.2) is 13.2 Å². The Bertz CT molecular complexity index is 1840. The van der Waals surface area contributed by atoms with Crippen molar-refractivity contribution in [3.63, 3.8) is 0 Å². The van der Waals surface area contributed by atoms with E-state index in [-0.39, 0.29) is 58.0 Å². The number of carboxylic acid groups (broad SMARTS) is 1. The number of hydrogen-bond donors (Lipinski definition) is 2. The lowest BCUT2D eigenvalue weighted by Crippen LogP contribution is -2.53. The van der Waals surface area contributed by atoms with Gasteiger partial charge in [0.25, 0.3) is 5.91 Å². The van der Waals surface area contributed by atoms with E-state index in [1.807, 2.05) is 6.07 Å². The number of sulfonamides is 1. The highest BCUT2D eigenvalue weighted by Gasteiger charge is 2.48. The van der Waals surface area contributed by atoms with Crippen molar-refractivity contribution >= 4 is 56.7 Å². The minimum Gasteiger partial charge on any atom is -0.480 e. The maximum atomic E-state index is 14.3. The summed E-state index contributed by atoms with van der Waals surface area (Å²) >= 11 is 12.2. The molecule has 2 aromatic carbocycles. The Balaban J connectivity index is 1.38. The van der Waals surface area contributed by atoms with Gasteiger partial charge in [-0.05, 0) is 75.2 Å². The summed E-state index contributed by atoms with van der Waals surface area (Å²) in [6.07, 6.45) is 5.79. The van der Waals surface area contributed by atoms with Crippen LogP contribution in [0.4, 0.5) is 5.69 Å². The van der Waals surface area contributed by atoms with Gasteiger partial charge in [0, 0.05) is 43.6 Å². The summed E-state index contributed by atoms with van der Waals surface area (Å²) in [4.78, 5) is 47.0. The first-order valence-corrected chi connectivity index (χ1v) is 18.1. The van der Waals surface area contributed by atoms with E-state index in [0.717, 1.165) is 32.4 Å². The number of benzene rings is 2. The molecule has 2 fully saturated rings. The van der Waals surface area contributed by atoms with E-state index in [1.165, 1.54) is 45.9 Å². The second-order valence-corrected chi connectivity index (χ2v) is 14.7. The van der Waals surface area contributed by atoms with E-state index in [1.54, 1.807) is 31.2 Å². The van der Waals surface area contributed by atoms with Crippen molar-refractivity contribution in [3.8, 4) is 6.07 Å². The molecule has 3 atom stereocenters. The Morgan fingerprint density at radius 1 is 1.08 bits per heavy atom. The number of hydrogen-bond acceptors (Lipinski definition) is 8. The maximum Gasteiger partial charge on any atom is 0.326 e. The highest BCUT2D eigenvalue weighted by Crippen LogP contribution is 2.32. The summed E-state index contributed by atoms with van der Waals surface area (Å²) in [5, 5.41) is 22.6. The maximum absolute atomic E-state index is 14.3. The molecule has 0 bridgehead atoms. The Kier molecular flexibility index (Phi) is 11.6. The minimum absolute atomic E-state index is 0.0279. The van der Waals surface area contributed by atoms with Crippen molar-refractivity contribution in [2.75, 3.05) is 31.5 Å². The quantitative estimate of drug-likeness (QED) is 0.286. The van der Waals surface area contributed by atoms with Gasteiger partial charge in [-0.15, -0.1) is 0 Å². The number of carbonyl (C=O) groups excluding carboxylic acids is 2. The lowest BCUT2D eigenvalue weighted by molar-refractivity contribution is -0.151. The SMILES string of the molecule is CCN(C(=O)[C@@H]1C[C@@H](N2CCCCC2)CN1S(=O)(=O)c1cccc(C#N)c1)[C@@H](Cc1ccc(NC(=O)c2c(Cl)cncc2Cl)cc1)C(=O)O. The molecule has 2 saturated heterocycles. The monoisotopic (exact) mass is 726 g/mol. The largest absolute Gasteiger partial charge is 0.480 e. The number of likely N-dealkylation sites (tertiary alicyclic amines) is 1. The van der Waals surface area contributed by atoms with E-state index < -0.39 is 39.9 Å². The highest BCUT2D eigenvalue weighted by atomic mass is 35.5. The van der Waals surface area contributed by atoms with E-state index in [9.17, 15) is 33.2 Å². The zero-order valence-electron chi connectivity index (χ0n) is 26.8. The number of amides is 2. The number of carboxylic acids is 1. The summed E-state index contributed by atoms with van der Waals surface area (Å²) in [5.74, 6) is -2.38. The Hall–Kier alpha value is -4.06. The molecular weight excluding hydrogens is 691 g/mol. The molecule has 0 aliphatic carbocycles. The zero-order valence-corrected chi connectivity index (χ0v) is 29.1. The number of rotatable bonds is 11. The predicted molar refractivity (Wildman–Crippen MR) is 184 cm³/mol. The molecule has 0 saturated carbocycles. The number of piperidine rings is 1. The molecule has 1 aromatic heterocycles. The molecule has 15 heteroatoms. The van der Waals surface area contributed by atoms with Crippen LogP contribution in [-0.2, 0) is 26.0 Å². The highest BCUT2D eigenvalue weighted by molar-refractivity contribution is 7.89. The van der Waals surface area contributed by atoms with E-state index >= 15 is 0 Å². The number of likely N-dealkylation sites (N-methyl/N-ethyl adjacent to an activating group) is 1. The molecule has 3 heterocycles. The van der Waals surface area contributed by atoms with E-state index in [4.69, 9.17) is 23.2 Å². The Labute approximate surface area is 295 Å². The molecule has 3 aromatic rings. The number of nitrogens with one attached hydrogen (secondary N) is 1. The number of nitrogens with zero attached hydrogens (tertiary/aromatic N) is 5. The molecule has 0 unspecified atom stereocenters. The first-order valence-electron chi connectivity index (χ1n) is 15.9. The third-order valence-corrected chi connectivity index (χ3v) is 11.4. The summed E-state index contributed by atoms with van der Waals surface area (Å²) in [7, 11) is -4.22. The molecule has 2 amide bonds. The smallest absolute Gasteiger partial charge is 0.326 e. The van der Waals surface area contributed by atoms with Crippen molar-refractivity contribution in [2.45, 2.75) is 62.0 Å². The lowest BCUT2D eigenvalue weighted by atomic mass is 10.0. The predicted octanol–water partition coefficient (Wildman–Crippen LogP) is 4.67. The summed E-state index contributed by atoms with van der Waals surface area (Å²) < 4.78 is 29.3. The van der Waals surface area contributed by atoms with Crippen LogP contribution in [0.25, 0.3) is 0 Å². The summed E-state index contributed by atoms with van der Waals surface area (Å²) in [5.41, 5.74) is 1.22. The fourth-order valence-corrected chi connectivity index (χ4v) is 8.72. The van der Waals surface area contributed by atoms with Crippen molar-refractivity contribution in [2.24, 2.45) is 0 Å². The van der Waals surface area contributed by atoms with E-state index in [2.05, 4.69) is 15.2 Å². The van der Waals surface area contributed by atoms with Crippen LogP contribution in [0, 0.1) is 11.3 Å². The van der Waals surface area contributed by atoms with Gasteiger partial charge < -0.3 is 15.3 Å². The second-order valence-electron chi connectivity index (χ2n) is 12.0. The van der Waals surface area contributed by atoms with Crippen molar-refractivity contribution in [3.05, 3.63) is 87.7 Å². The third-order valence-electron chi connectivity index (χ3n) is 9.00. The molecule has 12 nitrogen and oxygen atoms in total. The van der Waals surface area contributed by atoms with Crippen LogP contribution in [0.15, 0.2) is 65.8 Å². The molecular formula is C34H36Cl2N6O6S. The van der Waals surface area contributed by atoms with Gasteiger partial charge >= 0.3 is 5.97 Å².